The summed E-state index contributed by atoms with van der Waals surface area (Å²) in [4.78, 5) is 22.2. The van der Waals surface area contributed by atoms with Gasteiger partial charge in [-0.05, 0) is 12.1 Å². The van der Waals surface area contributed by atoms with Crippen molar-refractivity contribution in [2.24, 2.45) is 0 Å². The van der Waals surface area contributed by atoms with Crippen LogP contribution in [0.4, 0.5) is 5.69 Å². The van der Waals surface area contributed by atoms with Crippen molar-refractivity contribution < 1.29 is 9.59 Å². The number of ketones is 1. The number of carbonyl (C=O) groups is 2. The summed E-state index contributed by atoms with van der Waals surface area (Å²) in [6.45, 7) is 1.75. The molecule has 0 aliphatic heterocycles. The molecule has 1 aromatic rings. The molecule has 0 heterocycles. The van der Waals surface area contributed by atoms with Crippen molar-refractivity contribution in [1.82, 2.24) is 0 Å². The number of carbonyl (C=O) groups excluding carboxylic acids is 2. The lowest BCUT2D eigenvalue weighted by Crippen LogP contribution is -2.15. The van der Waals surface area contributed by atoms with Gasteiger partial charge in [-0.3, -0.25) is 9.59 Å². The molecule has 14 heavy (non-hydrogen) atoms. The summed E-state index contributed by atoms with van der Waals surface area (Å²) >= 11 is 0. The van der Waals surface area contributed by atoms with Crippen molar-refractivity contribution in [3.05, 3.63) is 30.3 Å². The van der Waals surface area contributed by atoms with Crippen molar-refractivity contribution in [2.45, 2.75) is 19.8 Å². The minimum absolute atomic E-state index is 0.0363. The molecule has 0 aromatic heterocycles. The number of amides is 1. The Bertz CT molecular complexity index is 319. The van der Waals surface area contributed by atoms with E-state index in [1.54, 1.807) is 19.1 Å². The van der Waals surface area contributed by atoms with Gasteiger partial charge in [0.15, 0.2) is 0 Å². The second-order valence-corrected chi connectivity index (χ2v) is 2.98. The fourth-order valence-corrected chi connectivity index (χ4v) is 1.03. The molecule has 0 spiro atoms. The molecule has 0 aliphatic carbocycles. The Morgan fingerprint density at radius 2 is 1.86 bits per heavy atom. The Balaban J connectivity index is 2.46. The number of anilines is 1. The van der Waals surface area contributed by atoms with Gasteiger partial charge in [0, 0.05) is 12.1 Å². The first-order valence-electron chi connectivity index (χ1n) is 4.59. The van der Waals surface area contributed by atoms with Crippen molar-refractivity contribution >= 4 is 17.4 Å². The van der Waals surface area contributed by atoms with E-state index in [0.29, 0.717) is 6.42 Å². The first-order chi connectivity index (χ1) is 6.72. The van der Waals surface area contributed by atoms with Crippen LogP contribution in [0.5, 0.6) is 0 Å². The molecule has 3 heteroatoms. The van der Waals surface area contributed by atoms with Gasteiger partial charge in [0.2, 0.25) is 5.91 Å². The molecule has 0 saturated carbocycles. The highest BCUT2D eigenvalue weighted by Gasteiger charge is 2.06. The summed E-state index contributed by atoms with van der Waals surface area (Å²) in [6, 6.07) is 9.10. The van der Waals surface area contributed by atoms with Crippen LogP contribution in [0.15, 0.2) is 30.3 Å². The highest BCUT2D eigenvalue weighted by Crippen LogP contribution is 2.05. The molecule has 0 saturated heterocycles. The van der Waals surface area contributed by atoms with E-state index in [1.807, 2.05) is 18.2 Å². The molecule has 0 radical (unpaired) electrons. The van der Waals surface area contributed by atoms with Crippen LogP contribution in [0.2, 0.25) is 0 Å². The standard InChI is InChI=1S/C11H13NO2/c1-2-10(13)8-11(14)12-9-6-4-3-5-7-9/h3-7H,2,8H2,1H3,(H,12,14). The van der Waals surface area contributed by atoms with E-state index in [1.165, 1.54) is 0 Å². The number of benzene rings is 1. The topological polar surface area (TPSA) is 46.2 Å². The van der Waals surface area contributed by atoms with Gasteiger partial charge in [0.1, 0.15) is 5.78 Å². The van der Waals surface area contributed by atoms with Gasteiger partial charge in [-0.15, -0.1) is 0 Å². The lowest BCUT2D eigenvalue weighted by Gasteiger charge is -2.02. The van der Waals surface area contributed by atoms with Crippen molar-refractivity contribution in [3.63, 3.8) is 0 Å². The van der Waals surface area contributed by atoms with E-state index in [0.717, 1.165) is 5.69 Å². The third-order valence-corrected chi connectivity index (χ3v) is 1.81. The average Bonchev–Trinajstić information content (AvgIpc) is 2.19. The first kappa shape index (κ1) is 10.4. The minimum atomic E-state index is -0.247. The zero-order valence-electron chi connectivity index (χ0n) is 8.12. The lowest BCUT2D eigenvalue weighted by molar-refractivity contribution is -0.125. The van der Waals surface area contributed by atoms with Crippen molar-refractivity contribution in [2.75, 3.05) is 5.32 Å². The minimum Gasteiger partial charge on any atom is -0.326 e. The fraction of sp³-hybridized carbons (Fsp3) is 0.273. The van der Waals surface area contributed by atoms with Gasteiger partial charge < -0.3 is 5.32 Å². The Kier molecular flexibility index (Phi) is 3.85. The van der Waals surface area contributed by atoms with Gasteiger partial charge in [-0.1, -0.05) is 25.1 Å². The van der Waals surface area contributed by atoms with Gasteiger partial charge in [-0.2, -0.15) is 0 Å². The molecule has 0 atom stereocenters. The summed E-state index contributed by atoms with van der Waals surface area (Å²) in [5.41, 5.74) is 0.724. The first-order valence-corrected chi connectivity index (χ1v) is 4.59. The molecule has 74 valence electrons. The molecular formula is C11H13NO2. The predicted molar refractivity (Wildman–Crippen MR) is 55.0 cm³/mol. The third kappa shape index (κ3) is 3.39. The van der Waals surface area contributed by atoms with E-state index in [9.17, 15) is 9.59 Å². The maximum atomic E-state index is 11.2. The summed E-state index contributed by atoms with van der Waals surface area (Å²) in [7, 11) is 0. The van der Waals surface area contributed by atoms with E-state index < -0.39 is 0 Å². The van der Waals surface area contributed by atoms with E-state index in [4.69, 9.17) is 0 Å². The van der Waals surface area contributed by atoms with E-state index in [2.05, 4.69) is 5.32 Å². The molecule has 1 aromatic carbocycles. The number of para-hydroxylation sites is 1. The quantitative estimate of drug-likeness (QED) is 0.740. The highest BCUT2D eigenvalue weighted by atomic mass is 16.2. The molecule has 0 aliphatic rings. The molecule has 3 nitrogen and oxygen atoms in total. The zero-order valence-corrected chi connectivity index (χ0v) is 8.12. The van der Waals surface area contributed by atoms with Crippen LogP contribution in [0.25, 0.3) is 0 Å². The zero-order chi connectivity index (χ0) is 10.4. The third-order valence-electron chi connectivity index (χ3n) is 1.81. The number of Topliss-reactive ketones (excluding diaryl/α,β-unsaturated/α-hetero) is 1. The van der Waals surface area contributed by atoms with Crippen LogP contribution in [0.1, 0.15) is 19.8 Å². The maximum Gasteiger partial charge on any atom is 0.231 e. The Morgan fingerprint density at radius 1 is 1.21 bits per heavy atom. The molecule has 0 unspecified atom stereocenters. The molecule has 1 rings (SSSR count). The van der Waals surface area contributed by atoms with Crippen LogP contribution >= 0.6 is 0 Å². The second-order valence-electron chi connectivity index (χ2n) is 2.98. The summed E-state index contributed by atoms with van der Waals surface area (Å²) < 4.78 is 0. The predicted octanol–water partition coefficient (Wildman–Crippen LogP) is 1.99. The van der Waals surface area contributed by atoms with Crippen LogP contribution in [-0.2, 0) is 9.59 Å². The molecule has 0 fully saturated rings. The number of hydrogen-bond donors (Lipinski definition) is 1. The molecular weight excluding hydrogens is 178 g/mol. The number of rotatable bonds is 4. The lowest BCUT2D eigenvalue weighted by atomic mass is 10.2. The van der Waals surface area contributed by atoms with Crippen LogP contribution < -0.4 is 5.32 Å². The van der Waals surface area contributed by atoms with Crippen LogP contribution in [-0.4, -0.2) is 11.7 Å². The SMILES string of the molecule is CCC(=O)CC(=O)Nc1ccccc1. The van der Waals surface area contributed by atoms with Crippen molar-refractivity contribution in [3.8, 4) is 0 Å². The van der Waals surface area contributed by atoms with Gasteiger partial charge >= 0.3 is 0 Å². The summed E-state index contributed by atoms with van der Waals surface area (Å²) in [6.07, 6.45) is 0.369. The summed E-state index contributed by atoms with van der Waals surface area (Å²) in [5, 5.41) is 2.65. The van der Waals surface area contributed by atoms with E-state index in [-0.39, 0.29) is 18.1 Å². The van der Waals surface area contributed by atoms with Gasteiger partial charge in [0.25, 0.3) is 0 Å². The average molecular weight is 191 g/mol. The van der Waals surface area contributed by atoms with Gasteiger partial charge in [0.05, 0.1) is 6.42 Å². The Labute approximate surface area is 83.1 Å². The molecule has 1 N–H and O–H groups in total. The second kappa shape index (κ2) is 5.17. The van der Waals surface area contributed by atoms with Crippen LogP contribution in [0.3, 0.4) is 0 Å². The smallest absolute Gasteiger partial charge is 0.231 e. The van der Waals surface area contributed by atoms with E-state index >= 15 is 0 Å². The van der Waals surface area contributed by atoms with Crippen molar-refractivity contribution in [1.29, 1.82) is 0 Å². The molecule has 0 bridgehead atoms. The molecule has 1 amide bonds. The highest BCUT2D eigenvalue weighted by molar-refractivity contribution is 6.04. The number of hydrogen-bond acceptors (Lipinski definition) is 2. The maximum absolute atomic E-state index is 11.2. The number of nitrogens with one attached hydrogen (secondary N) is 1. The largest absolute Gasteiger partial charge is 0.326 e. The Morgan fingerprint density at radius 3 is 2.43 bits per heavy atom. The van der Waals surface area contributed by atoms with Crippen LogP contribution in [0, 0.1) is 0 Å². The Hall–Kier alpha value is -1.64. The fourth-order valence-electron chi connectivity index (χ4n) is 1.03. The normalized spacial score (nSPS) is 9.50. The van der Waals surface area contributed by atoms with Gasteiger partial charge in [-0.25, -0.2) is 0 Å². The summed E-state index contributed by atoms with van der Waals surface area (Å²) in [5.74, 6) is -0.290. The monoisotopic (exact) mass is 191 g/mol.